The van der Waals surface area contributed by atoms with E-state index in [4.69, 9.17) is 0 Å². The van der Waals surface area contributed by atoms with E-state index in [-0.39, 0.29) is 0 Å². The van der Waals surface area contributed by atoms with Gasteiger partial charge in [-0.05, 0) is 11.6 Å². The van der Waals surface area contributed by atoms with Crippen molar-refractivity contribution in [1.29, 1.82) is 0 Å². The maximum absolute atomic E-state index is 9.70. The lowest BCUT2D eigenvalue weighted by Crippen LogP contribution is -2.13. The molecule has 0 fully saturated rings. The highest BCUT2D eigenvalue weighted by molar-refractivity contribution is 7.71. The van der Waals surface area contributed by atoms with Gasteiger partial charge >= 0.3 is 5.37 Å². The number of halogens is 1. The second kappa shape index (κ2) is 3.45. The van der Waals surface area contributed by atoms with Crippen LogP contribution in [0.3, 0.4) is 0 Å². The maximum Gasteiger partial charge on any atom is 0.318 e. The van der Waals surface area contributed by atoms with Crippen molar-refractivity contribution in [2.75, 3.05) is 0 Å². The lowest BCUT2D eigenvalue weighted by atomic mass is 11.2. The molecule has 0 aromatic heterocycles. The monoisotopic (exact) mass is 155 g/mol. The van der Waals surface area contributed by atoms with Gasteiger partial charge in [0, 0.05) is 0 Å². The highest BCUT2D eigenvalue weighted by Gasteiger charge is 1.84. The van der Waals surface area contributed by atoms with Crippen LogP contribution in [0.1, 0.15) is 0 Å². The third-order valence-electron chi connectivity index (χ3n) is 0.269. The summed E-state index contributed by atoms with van der Waals surface area (Å²) in [7, 11) is -2.38. The summed E-state index contributed by atoms with van der Waals surface area (Å²) in [4.78, 5) is 9.70. The summed E-state index contributed by atoms with van der Waals surface area (Å²) in [5.74, 6) is 0. The predicted molar refractivity (Wildman–Crippen MR) is 29.4 cm³/mol. The number of hydrogen-bond donors (Lipinski definition) is 1. The van der Waals surface area contributed by atoms with Crippen molar-refractivity contribution >= 4 is 32.8 Å². The largest absolute Gasteiger partial charge is 0.318 e. The van der Waals surface area contributed by atoms with Crippen LogP contribution in [0.4, 0.5) is 4.79 Å². The maximum atomic E-state index is 9.70. The van der Waals surface area contributed by atoms with Crippen LogP contribution < -0.4 is 5.32 Å². The van der Waals surface area contributed by atoms with Gasteiger partial charge < -0.3 is 5.32 Å². The molecule has 0 atom stereocenters. The first-order valence-electron chi connectivity index (χ1n) is 1.50. The third kappa shape index (κ3) is 5.45. The second-order valence-corrected chi connectivity index (χ2v) is 1.90. The standard InChI is InChI=1S/C2H2ClNO3S/c3-2(5)4-1-8(6)7/h1H,(H,4,5). The van der Waals surface area contributed by atoms with Gasteiger partial charge in [0.15, 0.2) is 0 Å². The van der Waals surface area contributed by atoms with Crippen molar-refractivity contribution < 1.29 is 13.2 Å². The Morgan fingerprint density at radius 1 is 1.62 bits per heavy atom. The van der Waals surface area contributed by atoms with E-state index >= 15 is 0 Å². The fourth-order valence-electron chi connectivity index (χ4n) is 0.0944. The van der Waals surface area contributed by atoms with E-state index in [2.05, 4.69) is 11.6 Å². The highest BCUT2D eigenvalue weighted by atomic mass is 35.5. The lowest BCUT2D eigenvalue weighted by Gasteiger charge is -1.78. The number of hydrogen-bond acceptors (Lipinski definition) is 3. The van der Waals surface area contributed by atoms with Gasteiger partial charge in [-0.2, -0.15) is 8.42 Å². The van der Waals surface area contributed by atoms with Crippen molar-refractivity contribution in [2.45, 2.75) is 0 Å². The first kappa shape index (κ1) is 7.45. The Labute approximate surface area is 52.0 Å². The lowest BCUT2D eigenvalue weighted by molar-refractivity contribution is 0.263. The number of carbonyl (C=O) groups excluding carboxylic acids is 1. The average Bonchev–Trinajstić information content (AvgIpc) is 1.61. The van der Waals surface area contributed by atoms with Crippen LogP contribution in [0.15, 0.2) is 0 Å². The molecular formula is C2H2ClNO3S. The molecule has 1 N–H and O–H groups in total. The Hall–Kier alpha value is -0.550. The summed E-state index contributed by atoms with van der Waals surface area (Å²) in [5, 5.41) is 0.812. The fourth-order valence-corrected chi connectivity index (χ4v) is 0.417. The number of rotatable bonds is 1. The van der Waals surface area contributed by atoms with E-state index in [0.29, 0.717) is 5.49 Å². The topological polar surface area (TPSA) is 63.2 Å². The molecule has 0 spiro atoms. The van der Waals surface area contributed by atoms with Gasteiger partial charge in [-0.1, -0.05) is 0 Å². The zero-order valence-corrected chi connectivity index (χ0v) is 5.16. The molecule has 0 saturated carbocycles. The summed E-state index contributed by atoms with van der Waals surface area (Å²) in [6.45, 7) is 0. The molecule has 0 rings (SSSR count). The van der Waals surface area contributed by atoms with Gasteiger partial charge in [0.2, 0.25) is 10.3 Å². The molecule has 6 heteroatoms. The molecule has 0 aromatic carbocycles. The minimum atomic E-state index is -2.38. The molecule has 1 amide bonds. The van der Waals surface area contributed by atoms with E-state index in [1.165, 1.54) is 0 Å². The van der Waals surface area contributed by atoms with Crippen LogP contribution in [0.25, 0.3) is 0 Å². The van der Waals surface area contributed by atoms with E-state index in [9.17, 15) is 13.2 Å². The van der Waals surface area contributed by atoms with E-state index in [1.807, 2.05) is 0 Å². The van der Waals surface area contributed by atoms with Gasteiger partial charge in [0.25, 0.3) is 0 Å². The Bertz CT molecular complexity index is 197. The first-order chi connectivity index (χ1) is 3.63. The van der Waals surface area contributed by atoms with Crippen LogP contribution in [0, 0.1) is 0 Å². The SMILES string of the molecule is O=C(Cl)NC=S(=O)=O. The molecule has 0 aliphatic rings. The summed E-state index contributed by atoms with van der Waals surface area (Å²) in [5.41, 5.74) is 0.551. The second-order valence-electron chi connectivity index (χ2n) is 0.796. The Balaban J connectivity index is 3.81. The fraction of sp³-hybridized carbons (Fsp3) is 0. The average molecular weight is 156 g/mol. The minimum Gasteiger partial charge on any atom is -0.306 e. The van der Waals surface area contributed by atoms with Gasteiger partial charge in [0.1, 0.15) is 5.49 Å². The molecule has 0 aliphatic heterocycles. The molecular weight excluding hydrogens is 154 g/mol. The van der Waals surface area contributed by atoms with Gasteiger partial charge in [0.05, 0.1) is 0 Å². The van der Waals surface area contributed by atoms with Crippen LogP contribution in [0.5, 0.6) is 0 Å². The summed E-state index contributed by atoms with van der Waals surface area (Å²) >= 11 is 4.67. The highest BCUT2D eigenvalue weighted by Crippen LogP contribution is 1.70. The summed E-state index contributed by atoms with van der Waals surface area (Å²) < 4.78 is 19.1. The first-order valence-corrected chi connectivity index (χ1v) is 3.02. The third-order valence-corrected chi connectivity index (χ3v) is 0.688. The molecule has 46 valence electrons. The molecule has 4 nitrogen and oxygen atoms in total. The smallest absolute Gasteiger partial charge is 0.306 e. The van der Waals surface area contributed by atoms with Gasteiger partial charge in [-0.3, -0.25) is 4.79 Å². The van der Waals surface area contributed by atoms with Crippen molar-refractivity contribution in [3.8, 4) is 0 Å². The number of nitrogens with one attached hydrogen (secondary N) is 1. The van der Waals surface area contributed by atoms with Crippen molar-refractivity contribution in [2.24, 2.45) is 0 Å². The molecule has 0 heterocycles. The Morgan fingerprint density at radius 3 is 2.25 bits per heavy atom. The van der Waals surface area contributed by atoms with Crippen molar-refractivity contribution in [1.82, 2.24) is 5.32 Å². The summed E-state index contributed by atoms with van der Waals surface area (Å²) in [6.07, 6.45) is 0. The predicted octanol–water partition coefficient (Wildman–Crippen LogP) is -0.426. The molecule has 0 radical (unpaired) electrons. The van der Waals surface area contributed by atoms with Crippen LogP contribution in [-0.2, 0) is 10.3 Å². The molecule has 0 bridgehead atoms. The number of amides is 1. The molecule has 0 unspecified atom stereocenters. The van der Waals surface area contributed by atoms with Gasteiger partial charge in [-0.15, -0.1) is 0 Å². The molecule has 0 saturated heterocycles. The zero-order valence-electron chi connectivity index (χ0n) is 3.59. The summed E-state index contributed by atoms with van der Waals surface area (Å²) in [6, 6.07) is 0. The number of carbonyl (C=O) groups is 1. The van der Waals surface area contributed by atoms with Crippen molar-refractivity contribution in [3.05, 3.63) is 0 Å². The van der Waals surface area contributed by atoms with E-state index in [1.54, 1.807) is 5.32 Å². The van der Waals surface area contributed by atoms with Gasteiger partial charge in [-0.25, -0.2) is 0 Å². The molecule has 0 aliphatic carbocycles. The van der Waals surface area contributed by atoms with Crippen molar-refractivity contribution in [3.63, 3.8) is 0 Å². The normalized spacial score (nSPS) is 7.62. The zero-order chi connectivity index (χ0) is 6.57. The van der Waals surface area contributed by atoms with E-state index in [0.717, 1.165) is 0 Å². The van der Waals surface area contributed by atoms with E-state index < -0.39 is 15.7 Å². The molecule has 8 heavy (non-hydrogen) atoms. The molecule has 0 aromatic rings. The van der Waals surface area contributed by atoms with Crippen LogP contribution in [-0.4, -0.2) is 19.3 Å². The Kier molecular flexibility index (Phi) is 3.21. The minimum absolute atomic E-state index is 0.551. The Morgan fingerprint density at radius 2 is 2.12 bits per heavy atom. The quantitative estimate of drug-likeness (QED) is 0.318. The van der Waals surface area contributed by atoms with Crippen LogP contribution in [0.2, 0.25) is 0 Å². The van der Waals surface area contributed by atoms with Crippen LogP contribution >= 0.6 is 11.6 Å².